The fraction of sp³-hybridized carbons (Fsp3) is 1.00. The Morgan fingerprint density at radius 1 is 0.667 bits per heavy atom. The van der Waals surface area contributed by atoms with Crippen molar-refractivity contribution >= 4 is 0 Å². The van der Waals surface area contributed by atoms with Crippen LogP contribution in [0.4, 0.5) is 0 Å². The van der Waals surface area contributed by atoms with Gasteiger partial charge in [0.25, 0.3) is 0 Å². The molecule has 0 aromatic heterocycles. The SMILES string of the molecule is CCCCCCCCCCCCCCC1COCCCOC2CC3CC(C3(C)C)C2(C)OCCCO1. The van der Waals surface area contributed by atoms with Gasteiger partial charge in [0.15, 0.2) is 0 Å². The van der Waals surface area contributed by atoms with E-state index >= 15 is 0 Å². The standard InChI is InChI=1S/C32H60O4/c1-5-6-7-8-9-10-11-12-13-14-15-16-19-28-26-33-20-17-22-35-30-25-27-24-29(31(27,2)3)32(30,4)36-23-18-21-34-28/h27-30H,5-26H2,1-4H3. The highest BCUT2D eigenvalue weighted by Crippen LogP contribution is 2.64. The van der Waals surface area contributed by atoms with E-state index < -0.39 is 0 Å². The first-order valence-electron chi connectivity index (χ1n) is 15.9. The van der Waals surface area contributed by atoms with Crippen LogP contribution in [0.2, 0.25) is 0 Å². The van der Waals surface area contributed by atoms with E-state index in [1.807, 2.05) is 0 Å². The summed E-state index contributed by atoms with van der Waals surface area (Å²) in [6.45, 7) is 13.3. The van der Waals surface area contributed by atoms with Crippen LogP contribution >= 0.6 is 0 Å². The summed E-state index contributed by atoms with van der Waals surface area (Å²) in [5.41, 5.74) is 0.205. The normalized spacial score (nSPS) is 33.3. The average molecular weight is 509 g/mol. The van der Waals surface area contributed by atoms with Gasteiger partial charge in [-0.2, -0.15) is 0 Å². The first-order chi connectivity index (χ1) is 17.5. The number of unbranched alkanes of at least 4 members (excludes halogenated alkanes) is 11. The maximum atomic E-state index is 6.64. The molecule has 4 heteroatoms. The van der Waals surface area contributed by atoms with Gasteiger partial charge in [-0.05, 0) is 56.3 Å². The molecule has 4 fully saturated rings. The lowest BCUT2D eigenvalue weighted by Gasteiger charge is -2.66. The summed E-state index contributed by atoms with van der Waals surface area (Å²) in [5, 5.41) is 0. The number of hydrogen-bond acceptors (Lipinski definition) is 4. The summed E-state index contributed by atoms with van der Waals surface area (Å²) >= 11 is 0. The predicted octanol–water partition coefficient (Wildman–Crippen LogP) is 8.50. The maximum Gasteiger partial charge on any atom is 0.0948 e. The topological polar surface area (TPSA) is 36.9 Å². The zero-order valence-corrected chi connectivity index (χ0v) is 24.5. The van der Waals surface area contributed by atoms with Crippen LogP contribution in [0.3, 0.4) is 0 Å². The minimum absolute atomic E-state index is 0.169. The van der Waals surface area contributed by atoms with Gasteiger partial charge in [-0.25, -0.2) is 0 Å². The van der Waals surface area contributed by atoms with Crippen LogP contribution in [0.25, 0.3) is 0 Å². The molecule has 4 rings (SSSR count). The molecule has 2 bridgehead atoms. The minimum atomic E-state index is -0.169. The van der Waals surface area contributed by atoms with Crippen molar-refractivity contribution in [3.05, 3.63) is 0 Å². The van der Waals surface area contributed by atoms with E-state index in [-0.39, 0.29) is 17.8 Å². The number of ether oxygens (including phenoxy) is 4. The molecule has 3 saturated carbocycles. The largest absolute Gasteiger partial charge is 0.379 e. The Bertz CT molecular complexity index is 579. The smallest absolute Gasteiger partial charge is 0.0948 e. The summed E-state index contributed by atoms with van der Waals surface area (Å²) in [7, 11) is 0. The van der Waals surface area contributed by atoms with Crippen LogP contribution < -0.4 is 0 Å². The van der Waals surface area contributed by atoms with Gasteiger partial charge in [0.05, 0.1) is 24.4 Å². The van der Waals surface area contributed by atoms with E-state index in [0.717, 1.165) is 64.6 Å². The average Bonchev–Trinajstić information content (AvgIpc) is 2.86. The molecular formula is C32H60O4. The fourth-order valence-electron chi connectivity index (χ4n) is 7.16. The summed E-state index contributed by atoms with van der Waals surface area (Å²) in [4.78, 5) is 0. The highest BCUT2D eigenvalue weighted by atomic mass is 16.6. The number of rotatable bonds is 13. The third-order valence-corrected chi connectivity index (χ3v) is 9.79. The van der Waals surface area contributed by atoms with E-state index in [0.29, 0.717) is 11.3 Å². The van der Waals surface area contributed by atoms with Gasteiger partial charge < -0.3 is 18.9 Å². The molecule has 5 atom stereocenters. The van der Waals surface area contributed by atoms with E-state index in [2.05, 4.69) is 27.7 Å². The molecule has 1 saturated heterocycles. The van der Waals surface area contributed by atoms with Crippen LogP contribution in [0, 0.1) is 17.3 Å². The lowest BCUT2D eigenvalue weighted by atomic mass is 9.43. The molecule has 0 radical (unpaired) electrons. The summed E-state index contributed by atoms with van der Waals surface area (Å²) in [5.74, 6) is 1.38. The minimum Gasteiger partial charge on any atom is -0.379 e. The lowest BCUT2D eigenvalue weighted by Crippen LogP contribution is -2.68. The van der Waals surface area contributed by atoms with Crippen molar-refractivity contribution < 1.29 is 18.9 Å². The molecule has 0 amide bonds. The van der Waals surface area contributed by atoms with Crippen molar-refractivity contribution in [3.8, 4) is 0 Å². The number of hydrogen-bond donors (Lipinski definition) is 0. The Balaban J connectivity index is 1.29. The zero-order chi connectivity index (χ0) is 25.7. The maximum absolute atomic E-state index is 6.64. The molecule has 1 aliphatic heterocycles. The Kier molecular flexibility index (Phi) is 13.6. The molecule has 0 spiro atoms. The predicted molar refractivity (Wildman–Crippen MR) is 150 cm³/mol. The van der Waals surface area contributed by atoms with Crippen molar-refractivity contribution in [1.82, 2.24) is 0 Å². The summed E-state index contributed by atoms with van der Waals surface area (Å²) in [6, 6.07) is 0. The Morgan fingerprint density at radius 3 is 1.94 bits per heavy atom. The summed E-state index contributed by atoms with van der Waals surface area (Å²) in [6.07, 6.45) is 22.6. The Morgan fingerprint density at radius 2 is 1.28 bits per heavy atom. The van der Waals surface area contributed by atoms with Gasteiger partial charge in [0.1, 0.15) is 0 Å². The Hall–Kier alpha value is -0.160. The van der Waals surface area contributed by atoms with Gasteiger partial charge in [-0.3, -0.25) is 0 Å². The third kappa shape index (κ3) is 8.95. The molecule has 212 valence electrons. The van der Waals surface area contributed by atoms with Gasteiger partial charge in [-0.1, -0.05) is 97.8 Å². The molecule has 0 N–H and O–H groups in total. The van der Waals surface area contributed by atoms with Crippen LogP contribution in [-0.2, 0) is 18.9 Å². The van der Waals surface area contributed by atoms with Crippen molar-refractivity contribution in [2.45, 2.75) is 155 Å². The van der Waals surface area contributed by atoms with Crippen molar-refractivity contribution in [2.75, 3.05) is 33.0 Å². The van der Waals surface area contributed by atoms with Crippen LogP contribution in [0.5, 0.6) is 0 Å². The molecule has 5 unspecified atom stereocenters. The van der Waals surface area contributed by atoms with Crippen LogP contribution in [0.15, 0.2) is 0 Å². The first kappa shape index (κ1) is 30.4. The van der Waals surface area contributed by atoms with Crippen LogP contribution in [-0.4, -0.2) is 50.8 Å². The fourth-order valence-corrected chi connectivity index (χ4v) is 7.16. The second kappa shape index (κ2) is 16.1. The van der Waals surface area contributed by atoms with Crippen molar-refractivity contribution in [3.63, 3.8) is 0 Å². The molecule has 0 aromatic carbocycles. The molecule has 4 nitrogen and oxygen atoms in total. The van der Waals surface area contributed by atoms with Crippen LogP contribution in [0.1, 0.15) is 137 Å². The molecule has 4 aliphatic rings. The lowest BCUT2D eigenvalue weighted by molar-refractivity contribution is -0.277. The molecule has 3 aliphatic carbocycles. The van der Waals surface area contributed by atoms with Gasteiger partial charge in [0.2, 0.25) is 0 Å². The first-order valence-corrected chi connectivity index (χ1v) is 15.9. The second-order valence-corrected chi connectivity index (χ2v) is 12.9. The highest BCUT2D eigenvalue weighted by Gasteiger charge is 2.64. The van der Waals surface area contributed by atoms with Crippen molar-refractivity contribution in [1.29, 1.82) is 0 Å². The van der Waals surface area contributed by atoms with Gasteiger partial charge in [-0.15, -0.1) is 0 Å². The summed E-state index contributed by atoms with van der Waals surface area (Å²) < 4.78 is 25.4. The van der Waals surface area contributed by atoms with E-state index in [4.69, 9.17) is 18.9 Å². The quantitative estimate of drug-likeness (QED) is 0.234. The van der Waals surface area contributed by atoms with E-state index in [9.17, 15) is 0 Å². The van der Waals surface area contributed by atoms with Gasteiger partial charge >= 0.3 is 0 Å². The molecule has 1 heterocycles. The second-order valence-electron chi connectivity index (χ2n) is 12.9. The van der Waals surface area contributed by atoms with Gasteiger partial charge in [0, 0.05) is 26.4 Å². The monoisotopic (exact) mass is 508 g/mol. The Labute approximate surface area is 223 Å². The molecular weight excluding hydrogens is 448 g/mol. The highest BCUT2D eigenvalue weighted by molar-refractivity contribution is 5.13. The molecule has 0 aromatic rings. The van der Waals surface area contributed by atoms with E-state index in [1.54, 1.807) is 0 Å². The van der Waals surface area contributed by atoms with E-state index in [1.165, 1.54) is 83.5 Å². The zero-order valence-electron chi connectivity index (χ0n) is 24.5. The molecule has 36 heavy (non-hydrogen) atoms. The third-order valence-electron chi connectivity index (χ3n) is 9.79. The van der Waals surface area contributed by atoms with Crippen molar-refractivity contribution in [2.24, 2.45) is 17.3 Å².